The number of fused-ring (bicyclic) bond motifs is 2. The molecule has 0 aromatic heterocycles. The Balaban J connectivity index is 1.40. The summed E-state index contributed by atoms with van der Waals surface area (Å²) in [7, 11) is 3.30. The van der Waals surface area contributed by atoms with Crippen molar-refractivity contribution in [1.82, 2.24) is 0 Å². The zero-order valence-corrected chi connectivity index (χ0v) is 16.5. The molecule has 4 aromatic rings. The third-order valence-electron chi connectivity index (χ3n) is 4.97. The van der Waals surface area contributed by atoms with E-state index in [0.717, 1.165) is 44.2 Å². The second-order valence-electron chi connectivity index (χ2n) is 6.93. The molecule has 0 amide bonds. The van der Waals surface area contributed by atoms with Crippen LogP contribution >= 0.6 is 0 Å². The van der Waals surface area contributed by atoms with Crippen molar-refractivity contribution in [3.8, 4) is 11.5 Å². The van der Waals surface area contributed by atoms with E-state index in [0.29, 0.717) is 0 Å². The number of rotatable bonds is 6. The highest BCUT2D eigenvalue weighted by Gasteiger charge is 2.08. The zero-order chi connectivity index (χ0) is 20.2. The third-order valence-corrected chi connectivity index (χ3v) is 4.97. The molecule has 4 rings (SSSR count). The van der Waals surface area contributed by atoms with Crippen molar-refractivity contribution in [2.75, 3.05) is 14.2 Å². The normalized spacial score (nSPS) is 10.8. The number of ether oxygens (including phenoxy) is 3. The maximum atomic E-state index is 12.3. The summed E-state index contributed by atoms with van der Waals surface area (Å²) in [6.45, 7) is 0.256. The number of esters is 1. The molecule has 0 aliphatic carbocycles. The first-order valence-electron chi connectivity index (χ1n) is 9.43. The van der Waals surface area contributed by atoms with Gasteiger partial charge in [0.1, 0.15) is 18.1 Å². The molecule has 0 fully saturated rings. The summed E-state index contributed by atoms with van der Waals surface area (Å²) in [6, 6.07) is 23.8. The monoisotopic (exact) mass is 386 g/mol. The predicted molar refractivity (Wildman–Crippen MR) is 115 cm³/mol. The van der Waals surface area contributed by atoms with Gasteiger partial charge in [-0.3, -0.25) is 4.79 Å². The third kappa shape index (κ3) is 4.32. The van der Waals surface area contributed by atoms with Gasteiger partial charge < -0.3 is 14.2 Å². The Bertz CT molecular complexity index is 1180. The molecule has 4 nitrogen and oxygen atoms in total. The average Bonchev–Trinajstić information content (AvgIpc) is 2.76. The summed E-state index contributed by atoms with van der Waals surface area (Å²) in [4.78, 5) is 12.3. The Kier molecular flexibility index (Phi) is 5.34. The average molecular weight is 386 g/mol. The van der Waals surface area contributed by atoms with Crippen LogP contribution in [-0.4, -0.2) is 20.2 Å². The fourth-order valence-electron chi connectivity index (χ4n) is 3.38. The summed E-state index contributed by atoms with van der Waals surface area (Å²) in [5.41, 5.74) is 1.89. The molecule has 0 bridgehead atoms. The molecule has 4 aromatic carbocycles. The highest BCUT2D eigenvalue weighted by molar-refractivity contribution is 5.86. The molecule has 4 heteroatoms. The number of carbonyl (C=O) groups is 1. The van der Waals surface area contributed by atoms with Gasteiger partial charge in [-0.25, -0.2) is 0 Å². The van der Waals surface area contributed by atoms with Crippen molar-refractivity contribution >= 4 is 27.5 Å². The number of hydrogen-bond donors (Lipinski definition) is 0. The molecule has 0 aliphatic rings. The largest absolute Gasteiger partial charge is 0.497 e. The molecule has 0 spiro atoms. The van der Waals surface area contributed by atoms with Crippen LogP contribution in [0.5, 0.6) is 11.5 Å². The van der Waals surface area contributed by atoms with Crippen molar-refractivity contribution in [3.05, 3.63) is 83.9 Å². The van der Waals surface area contributed by atoms with Crippen molar-refractivity contribution < 1.29 is 19.0 Å². The van der Waals surface area contributed by atoms with E-state index < -0.39 is 0 Å². The lowest BCUT2D eigenvalue weighted by molar-refractivity contribution is -0.144. The lowest BCUT2D eigenvalue weighted by Crippen LogP contribution is -2.08. The molecule has 29 heavy (non-hydrogen) atoms. The second-order valence-corrected chi connectivity index (χ2v) is 6.93. The molecule has 0 saturated heterocycles. The molecule has 146 valence electrons. The Morgan fingerprint density at radius 1 is 0.655 bits per heavy atom. The first kappa shape index (κ1) is 18.8. The Hall–Kier alpha value is -3.53. The van der Waals surface area contributed by atoms with E-state index in [1.54, 1.807) is 14.2 Å². The van der Waals surface area contributed by atoms with Gasteiger partial charge in [0.2, 0.25) is 0 Å². The van der Waals surface area contributed by atoms with Gasteiger partial charge in [0.25, 0.3) is 0 Å². The van der Waals surface area contributed by atoms with Crippen LogP contribution in [0.15, 0.2) is 72.8 Å². The predicted octanol–water partition coefficient (Wildman–Crippen LogP) is 5.30. The summed E-state index contributed by atoms with van der Waals surface area (Å²) in [6.07, 6.45) is 0.243. The minimum atomic E-state index is -0.243. The first-order chi connectivity index (χ1) is 14.1. The lowest BCUT2D eigenvalue weighted by atomic mass is 10.0. The minimum absolute atomic E-state index is 0.243. The van der Waals surface area contributed by atoms with Gasteiger partial charge in [0.15, 0.2) is 0 Å². The SMILES string of the molecule is COc1ccc2cc(COC(=O)Cc3ccc4cc(OC)ccc4c3)ccc2c1. The van der Waals surface area contributed by atoms with Crippen molar-refractivity contribution in [2.24, 2.45) is 0 Å². The lowest BCUT2D eigenvalue weighted by Gasteiger charge is -2.08. The zero-order valence-electron chi connectivity index (χ0n) is 16.5. The summed E-state index contributed by atoms with van der Waals surface area (Å²) in [5.74, 6) is 1.40. The highest BCUT2D eigenvalue weighted by Crippen LogP contribution is 2.23. The summed E-state index contributed by atoms with van der Waals surface area (Å²) >= 11 is 0. The van der Waals surface area contributed by atoms with Crippen LogP contribution in [-0.2, 0) is 22.6 Å². The van der Waals surface area contributed by atoms with Gasteiger partial charge in [-0.1, -0.05) is 42.5 Å². The van der Waals surface area contributed by atoms with Crippen LogP contribution < -0.4 is 9.47 Å². The smallest absolute Gasteiger partial charge is 0.310 e. The number of methoxy groups -OCH3 is 2. The molecule has 0 N–H and O–H groups in total. The van der Waals surface area contributed by atoms with Gasteiger partial charge >= 0.3 is 5.97 Å². The van der Waals surface area contributed by atoms with Crippen LogP contribution in [0.3, 0.4) is 0 Å². The Labute approximate surface area is 169 Å². The molecule has 0 unspecified atom stereocenters. The van der Waals surface area contributed by atoms with E-state index in [2.05, 4.69) is 0 Å². The first-order valence-corrected chi connectivity index (χ1v) is 9.43. The van der Waals surface area contributed by atoms with Gasteiger partial charge in [-0.05, 0) is 63.0 Å². The fraction of sp³-hybridized carbons (Fsp3) is 0.160. The van der Waals surface area contributed by atoms with Gasteiger partial charge in [0, 0.05) is 0 Å². The van der Waals surface area contributed by atoms with E-state index in [1.807, 2.05) is 72.8 Å². The topological polar surface area (TPSA) is 44.8 Å². The van der Waals surface area contributed by atoms with Crippen LogP contribution in [0.4, 0.5) is 0 Å². The minimum Gasteiger partial charge on any atom is -0.497 e. The molecule has 0 aliphatic heterocycles. The van der Waals surface area contributed by atoms with Crippen molar-refractivity contribution in [3.63, 3.8) is 0 Å². The molecule has 0 heterocycles. The second kappa shape index (κ2) is 8.23. The van der Waals surface area contributed by atoms with Crippen LogP contribution in [0, 0.1) is 0 Å². The van der Waals surface area contributed by atoms with Crippen molar-refractivity contribution in [1.29, 1.82) is 0 Å². The van der Waals surface area contributed by atoms with E-state index >= 15 is 0 Å². The Morgan fingerprint density at radius 3 is 1.72 bits per heavy atom. The number of carbonyl (C=O) groups excluding carboxylic acids is 1. The molecule has 0 radical (unpaired) electrons. The van der Waals surface area contributed by atoms with Gasteiger partial charge in [-0.15, -0.1) is 0 Å². The highest BCUT2D eigenvalue weighted by atomic mass is 16.5. The maximum Gasteiger partial charge on any atom is 0.310 e. The fourth-order valence-corrected chi connectivity index (χ4v) is 3.38. The van der Waals surface area contributed by atoms with E-state index in [9.17, 15) is 4.79 Å². The molecular formula is C25H22O4. The molecule has 0 saturated carbocycles. The van der Waals surface area contributed by atoms with Crippen LogP contribution in [0.25, 0.3) is 21.5 Å². The van der Waals surface area contributed by atoms with Gasteiger partial charge in [0.05, 0.1) is 20.6 Å². The molecule has 0 atom stereocenters. The van der Waals surface area contributed by atoms with E-state index in [1.165, 1.54) is 0 Å². The van der Waals surface area contributed by atoms with Crippen molar-refractivity contribution in [2.45, 2.75) is 13.0 Å². The van der Waals surface area contributed by atoms with Gasteiger partial charge in [-0.2, -0.15) is 0 Å². The standard InChI is InChI=1S/C25H22O4/c1-27-23-9-7-19-11-17(3-5-21(19)14-23)13-25(26)29-16-18-4-6-22-15-24(28-2)10-8-20(22)12-18/h3-12,14-15H,13,16H2,1-2H3. The quantitative estimate of drug-likeness (QED) is 0.422. The number of benzene rings is 4. The maximum absolute atomic E-state index is 12.3. The Morgan fingerprint density at radius 2 is 1.14 bits per heavy atom. The van der Waals surface area contributed by atoms with E-state index in [-0.39, 0.29) is 19.0 Å². The summed E-state index contributed by atoms with van der Waals surface area (Å²) < 4.78 is 16.0. The molecular weight excluding hydrogens is 364 g/mol. The van der Waals surface area contributed by atoms with Crippen LogP contribution in [0.2, 0.25) is 0 Å². The summed E-state index contributed by atoms with van der Waals surface area (Å²) in [5, 5.41) is 4.33. The van der Waals surface area contributed by atoms with Crippen LogP contribution in [0.1, 0.15) is 11.1 Å². The van der Waals surface area contributed by atoms with E-state index in [4.69, 9.17) is 14.2 Å². The number of hydrogen-bond acceptors (Lipinski definition) is 4.